The predicted molar refractivity (Wildman–Crippen MR) is 86.9 cm³/mol. The third kappa shape index (κ3) is 4.53. The van der Waals surface area contributed by atoms with Crippen molar-refractivity contribution >= 4 is 17.5 Å². The van der Waals surface area contributed by atoms with Gasteiger partial charge in [0.1, 0.15) is 0 Å². The topological polar surface area (TPSA) is 89.9 Å². The Morgan fingerprint density at radius 2 is 1.74 bits per heavy atom. The van der Waals surface area contributed by atoms with Crippen molar-refractivity contribution in [1.82, 2.24) is 4.90 Å². The third-order valence-corrected chi connectivity index (χ3v) is 4.00. The van der Waals surface area contributed by atoms with Gasteiger partial charge in [-0.05, 0) is 37.0 Å². The van der Waals surface area contributed by atoms with Gasteiger partial charge in [0.25, 0.3) is 11.8 Å². The van der Waals surface area contributed by atoms with Crippen LogP contribution in [0.25, 0.3) is 0 Å². The summed E-state index contributed by atoms with van der Waals surface area (Å²) in [5.74, 6) is -1.38. The van der Waals surface area contributed by atoms with Crippen LogP contribution >= 0.6 is 0 Å². The molecule has 1 heterocycles. The number of anilines is 1. The Labute approximate surface area is 136 Å². The molecule has 1 saturated heterocycles. The Hall–Kier alpha value is -1.92. The molecule has 0 bridgehead atoms. The highest BCUT2D eigenvalue weighted by Crippen LogP contribution is 2.14. The van der Waals surface area contributed by atoms with Crippen molar-refractivity contribution < 1.29 is 19.8 Å². The molecule has 1 aromatic rings. The maximum Gasteiger partial charge on any atom is 0.256 e. The summed E-state index contributed by atoms with van der Waals surface area (Å²) in [6.45, 7) is 3.21. The van der Waals surface area contributed by atoms with Crippen LogP contribution in [0.5, 0.6) is 0 Å². The molecule has 0 aliphatic carbocycles. The lowest BCUT2D eigenvalue weighted by Gasteiger charge is -2.22. The molecule has 2 amide bonds. The molecule has 6 heteroatoms. The molecule has 126 valence electrons. The van der Waals surface area contributed by atoms with Crippen LogP contribution in [0.1, 0.15) is 31.7 Å². The van der Waals surface area contributed by atoms with Crippen molar-refractivity contribution in [2.75, 3.05) is 18.4 Å². The van der Waals surface area contributed by atoms with Crippen LogP contribution in [0, 0.1) is 0 Å². The van der Waals surface area contributed by atoms with Crippen molar-refractivity contribution in [1.29, 1.82) is 0 Å². The first kappa shape index (κ1) is 17.4. The number of nitrogens with zero attached hydrogens (tertiary/aromatic N) is 1. The first-order chi connectivity index (χ1) is 11.0. The summed E-state index contributed by atoms with van der Waals surface area (Å²) in [6, 6.07) is 7.28. The van der Waals surface area contributed by atoms with Crippen LogP contribution in [0.3, 0.4) is 0 Å². The number of amides is 2. The molecule has 2 rings (SSSR count). The second-order valence-corrected chi connectivity index (χ2v) is 5.86. The van der Waals surface area contributed by atoms with E-state index in [4.69, 9.17) is 0 Å². The molecule has 0 saturated carbocycles. The smallest absolute Gasteiger partial charge is 0.256 e. The van der Waals surface area contributed by atoms with Crippen molar-refractivity contribution in [3.8, 4) is 0 Å². The first-order valence-corrected chi connectivity index (χ1v) is 8.07. The van der Waals surface area contributed by atoms with Gasteiger partial charge in [-0.3, -0.25) is 9.59 Å². The minimum Gasteiger partial charge on any atom is -0.380 e. The summed E-state index contributed by atoms with van der Waals surface area (Å²) in [5.41, 5.74) is 1.69. The van der Waals surface area contributed by atoms with E-state index in [2.05, 4.69) is 12.2 Å². The summed E-state index contributed by atoms with van der Waals surface area (Å²) < 4.78 is 0. The highest BCUT2D eigenvalue weighted by molar-refractivity contribution is 5.98. The molecule has 23 heavy (non-hydrogen) atoms. The average Bonchev–Trinajstić information content (AvgIpc) is 3.09. The molecule has 1 fully saturated rings. The Bertz CT molecular complexity index is 538. The van der Waals surface area contributed by atoms with Gasteiger partial charge in [0.15, 0.2) is 12.2 Å². The molecular formula is C17H24N2O4. The fraction of sp³-hybridized carbons (Fsp3) is 0.529. The normalized spacial score (nSPS) is 16.9. The molecule has 0 aromatic heterocycles. The number of likely N-dealkylation sites (tertiary alicyclic amines) is 1. The van der Waals surface area contributed by atoms with Gasteiger partial charge in [-0.15, -0.1) is 0 Å². The van der Waals surface area contributed by atoms with Crippen molar-refractivity contribution in [2.45, 2.75) is 44.8 Å². The van der Waals surface area contributed by atoms with Gasteiger partial charge in [0.2, 0.25) is 0 Å². The van der Waals surface area contributed by atoms with Gasteiger partial charge in [-0.1, -0.05) is 25.5 Å². The quantitative estimate of drug-likeness (QED) is 0.727. The fourth-order valence-electron chi connectivity index (χ4n) is 2.66. The fourth-order valence-corrected chi connectivity index (χ4v) is 2.66. The van der Waals surface area contributed by atoms with Gasteiger partial charge in [-0.25, -0.2) is 0 Å². The maximum absolute atomic E-state index is 12.0. The first-order valence-electron chi connectivity index (χ1n) is 8.07. The highest BCUT2D eigenvalue weighted by atomic mass is 16.3. The Morgan fingerprint density at radius 1 is 1.13 bits per heavy atom. The van der Waals surface area contributed by atoms with Crippen LogP contribution in [0.2, 0.25) is 0 Å². The van der Waals surface area contributed by atoms with E-state index < -0.39 is 24.0 Å². The zero-order valence-corrected chi connectivity index (χ0v) is 13.4. The number of nitrogens with one attached hydrogen (secondary N) is 1. The number of aliphatic hydroxyl groups excluding tert-OH is 2. The van der Waals surface area contributed by atoms with Crippen LogP contribution < -0.4 is 5.32 Å². The summed E-state index contributed by atoms with van der Waals surface area (Å²) in [4.78, 5) is 25.5. The van der Waals surface area contributed by atoms with E-state index in [9.17, 15) is 19.8 Å². The van der Waals surface area contributed by atoms with Crippen molar-refractivity contribution in [3.05, 3.63) is 29.8 Å². The standard InChI is InChI=1S/C17H24N2O4/c1-2-5-12-6-8-13(9-7-12)18-16(22)14(20)15(21)17(23)19-10-3-4-11-19/h6-9,14-15,20-21H,2-5,10-11H2,1H3,(H,18,22). The number of hydrogen-bond acceptors (Lipinski definition) is 4. The number of aliphatic hydroxyl groups is 2. The third-order valence-electron chi connectivity index (χ3n) is 4.00. The van der Waals surface area contributed by atoms with E-state index in [1.54, 1.807) is 12.1 Å². The van der Waals surface area contributed by atoms with E-state index in [1.807, 2.05) is 12.1 Å². The monoisotopic (exact) mass is 320 g/mol. The van der Waals surface area contributed by atoms with Gasteiger partial charge in [-0.2, -0.15) is 0 Å². The van der Waals surface area contributed by atoms with Crippen molar-refractivity contribution in [2.24, 2.45) is 0 Å². The second kappa shape index (κ2) is 8.08. The van der Waals surface area contributed by atoms with Gasteiger partial charge >= 0.3 is 0 Å². The predicted octanol–water partition coefficient (Wildman–Crippen LogP) is 0.922. The Balaban J connectivity index is 1.91. The van der Waals surface area contributed by atoms with Crippen LogP contribution in [-0.2, 0) is 16.0 Å². The highest BCUT2D eigenvalue weighted by Gasteiger charge is 2.34. The molecule has 3 N–H and O–H groups in total. The minimum atomic E-state index is -1.78. The maximum atomic E-state index is 12.0. The lowest BCUT2D eigenvalue weighted by atomic mass is 10.1. The number of aryl methyl sites for hydroxylation is 1. The molecule has 1 aliphatic heterocycles. The molecular weight excluding hydrogens is 296 g/mol. The summed E-state index contributed by atoms with van der Waals surface area (Å²) in [5, 5.41) is 22.3. The van der Waals surface area contributed by atoms with Crippen LogP contribution in [0.4, 0.5) is 5.69 Å². The molecule has 6 nitrogen and oxygen atoms in total. The Kier molecular flexibility index (Phi) is 6.12. The minimum absolute atomic E-state index is 0.523. The van der Waals surface area contributed by atoms with Gasteiger partial charge < -0.3 is 20.4 Å². The zero-order chi connectivity index (χ0) is 16.8. The number of carbonyl (C=O) groups is 2. The molecule has 2 atom stereocenters. The summed E-state index contributed by atoms with van der Waals surface area (Å²) in [6.07, 6.45) is 0.246. The molecule has 0 radical (unpaired) electrons. The van der Waals surface area contributed by atoms with E-state index in [-0.39, 0.29) is 0 Å². The molecule has 1 aliphatic rings. The number of carbonyl (C=O) groups excluding carboxylic acids is 2. The number of rotatable bonds is 6. The number of hydrogen-bond donors (Lipinski definition) is 3. The van der Waals surface area contributed by atoms with E-state index >= 15 is 0 Å². The van der Waals surface area contributed by atoms with Crippen LogP contribution in [-0.4, -0.2) is 52.2 Å². The Morgan fingerprint density at radius 3 is 2.30 bits per heavy atom. The lowest BCUT2D eigenvalue weighted by Crippen LogP contribution is -2.48. The van der Waals surface area contributed by atoms with E-state index in [0.29, 0.717) is 18.8 Å². The summed E-state index contributed by atoms with van der Waals surface area (Å²) in [7, 11) is 0. The molecule has 0 spiro atoms. The molecule has 1 aromatic carbocycles. The molecule has 2 unspecified atom stereocenters. The lowest BCUT2D eigenvalue weighted by molar-refractivity contribution is -0.150. The van der Waals surface area contributed by atoms with Gasteiger partial charge in [0.05, 0.1) is 0 Å². The van der Waals surface area contributed by atoms with Crippen LogP contribution in [0.15, 0.2) is 24.3 Å². The number of benzene rings is 1. The van der Waals surface area contributed by atoms with Crippen molar-refractivity contribution in [3.63, 3.8) is 0 Å². The zero-order valence-electron chi connectivity index (χ0n) is 13.4. The SMILES string of the molecule is CCCc1ccc(NC(=O)C(O)C(O)C(=O)N2CCCC2)cc1. The largest absolute Gasteiger partial charge is 0.380 e. The average molecular weight is 320 g/mol. The second-order valence-electron chi connectivity index (χ2n) is 5.86. The summed E-state index contributed by atoms with van der Waals surface area (Å²) >= 11 is 0. The van der Waals surface area contributed by atoms with E-state index in [1.165, 1.54) is 4.90 Å². The van der Waals surface area contributed by atoms with Gasteiger partial charge in [0, 0.05) is 18.8 Å². The van der Waals surface area contributed by atoms with E-state index in [0.717, 1.165) is 31.2 Å².